The fraction of sp³-hybridized carbons (Fsp3) is 0.450. The van der Waals surface area contributed by atoms with Gasteiger partial charge in [0.05, 0.1) is 6.21 Å². The smallest absolute Gasteiger partial charge is 0.292 e. The Labute approximate surface area is 167 Å². The summed E-state index contributed by atoms with van der Waals surface area (Å²) in [6.45, 7) is 6.79. The van der Waals surface area contributed by atoms with Gasteiger partial charge in [-0.25, -0.2) is 5.43 Å². The van der Waals surface area contributed by atoms with Gasteiger partial charge >= 0.3 is 0 Å². The minimum absolute atomic E-state index is 0.0954. The van der Waals surface area contributed by atoms with Gasteiger partial charge in [0.1, 0.15) is 5.75 Å². The first kappa shape index (κ1) is 19.6. The molecule has 1 aliphatic rings. The van der Waals surface area contributed by atoms with E-state index in [0.29, 0.717) is 17.2 Å². The number of halogens is 1. The normalized spacial score (nSPS) is 17.1. The van der Waals surface area contributed by atoms with Gasteiger partial charge in [-0.2, -0.15) is 10.2 Å². The predicted molar refractivity (Wildman–Crippen MR) is 109 cm³/mol. The molecule has 1 aliphatic carbocycles. The molecule has 144 valence electrons. The number of carbonyl (C=O) groups excluding carboxylic acids is 1. The van der Waals surface area contributed by atoms with Crippen LogP contribution in [-0.4, -0.2) is 27.4 Å². The van der Waals surface area contributed by atoms with Crippen LogP contribution in [0.3, 0.4) is 0 Å². The van der Waals surface area contributed by atoms with Gasteiger partial charge in [-0.15, -0.1) is 0 Å². The van der Waals surface area contributed by atoms with E-state index in [1.807, 2.05) is 0 Å². The van der Waals surface area contributed by atoms with Crippen LogP contribution in [-0.2, 0) is 12.8 Å². The number of aromatic amines is 1. The van der Waals surface area contributed by atoms with Crippen molar-refractivity contribution in [1.29, 1.82) is 0 Å². The van der Waals surface area contributed by atoms with Gasteiger partial charge < -0.3 is 5.11 Å². The maximum Gasteiger partial charge on any atom is 0.292 e. The average Bonchev–Trinajstić information content (AvgIpc) is 3.07. The third-order valence-corrected chi connectivity index (χ3v) is 6.23. The van der Waals surface area contributed by atoms with Crippen LogP contribution in [0.25, 0.3) is 0 Å². The lowest BCUT2D eigenvalue weighted by Crippen LogP contribution is -2.30. The molecule has 0 saturated heterocycles. The Morgan fingerprint density at radius 1 is 1.52 bits per heavy atom. The number of nitrogens with zero attached hydrogens (tertiary/aromatic N) is 2. The maximum atomic E-state index is 12.6. The first-order valence-electron chi connectivity index (χ1n) is 9.20. The van der Waals surface area contributed by atoms with E-state index in [9.17, 15) is 9.90 Å². The molecule has 3 rings (SSSR count). The van der Waals surface area contributed by atoms with Crippen LogP contribution < -0.4 is 5.43 Å². The number of H-pyrrole nitrogens is 1. The number of aromatic nitrogens is 2. The quantitative estimate of drug-likeness (QED) is 0.488. The van der Waals surface area contributed by atoms with E-state index < -0.39 is 0 Å². The van der Waals surface area contributed by atoms with Crippen molar-refractivity contribution in [1.82, 2.24) is 15.6 Å². The average molecular weight is 433 g/mol. The molecule has 1 heterocycles. The number of aromatic hydroxyl groups is 1. The molecule has 7 heteroatoms. The van der Waals surface area contributed by atoms with E-state index in [1.165, 1.54) is 6.21 Å². The van der Waals surface area contributed by atoms with Crippen LogP contribution in [0, 0.1) is 11.3 Å². The highest BCUT2D eigenvalue weighted by Gasteiger charge is 2.34. The molecule has 0 radical (unpaired) electrons. The van der Waals surface area contributed by atoms with Crippen molar-refractivity contribution in [2.75, 3.05) is 0 Å². The van der Waals surface area contributed by atoms with Gasteiger partial charge in [0.2, 0.25) is 0 Å². The number of nitrogens with one attached hydrogen (secondary N) is 2. The van der Waals surface area contributed by atoms with Gasteiger partial charge in [-0.3, -0.25) is 9.89 Å². The van der Waals surface area contributed by atoms with Crippen LogP contribution >= 0.6 is 15.9 Å². The van der Waals surface area contributed by atoms with Crippen LogP contribution in [0.2, 0.25) is 0 Å². The zero-order valence-corrected chi connectivity index (χ0v) is 17.4. The second kappa shape index (κ2) is 7.84. The number of amides is 1. The maximum absolute atomic E-state index is 12.6. The fourth-order valence-corrected chi connectivity index (χ4v) is 3.86. The molecule has 27 heavy (non-hydrogen) atoms. The van der Waals surface area contributed by atoms with E-state index in [4.69, 9.17) is 0 Å². The lowest BCUT2D eigenvalue weighted by atomic mass is 9.69. The number of rotatable bonds is 5. The SMILES string of the molecule is CCC(C)(C)[C@H]1CCc2[nH]nc(C(=O)N/N=C\c3cc(Br)ccc3O)c2C1. The van der Waals surface area contributed by atoms with Crippen molar-refractivity contribution >= 4 is 28.1 Å². The zero-order chi connectivity index (χ0) is 19.6. The first-order chi connectivity index (χ1) is 12.8. The van der Waals surface area contributed by atoms with Crippen molar-refractivity contribution in [2.45, 2.75) is 46.5 Å². The third kappa shape index (κ3) is 4.24. The van der Waals surface area contributed by atoms with Crippen molar-refractivity contribution in [3.63, 3.8) is 0 Å². The summed E-state index contributed by atoms with van der Waals surface area (Å²) in [5.74, 6) is 0.285. The monoisotopic (exact) mass is 432 g/mol. The molecule has 1 atom stereocenters. The summed E-state index contributed by atoms with van der Waals surface area (Å²) in [6, 6.07) is 5.02. The number of fused-ring (bicyclic) bond motifs is 1. The van der Waals surface area contributed by atoms with Crippen LogP contribution in [0.1, 0.15) is 60.9 Å². The largest absolute Gasteiger partial charge is 0.507 e. The zero-order valence-electron chi connectivity index (χ0n) is 15.8. The van der Waals surface area contributed by atoms with Gasteiger partial charge in [-0.05, 0) is 48.8 Å². The van der Waals surface area contributed by atoms with Crippen LogP contribution in [0.15, 0.2) is 27.8 Å². The van der Waals surface area contributed by atoms with Crippen molar-refractivity contribution in [3.8, 4) is 5.75 Å². The topological polar surface area (TPSA) is 90.4 Å². The highest BCUT2D eigenvalue weighted by molar-refractivity contribution is 9.10. The molecule has 3 N–H and O–H groups in total. The highest BCUT2D eigenvalue weighted by atomic mass is 79.9. The summed E-state index contributed by atoms with van der Waals surface area (Å²) in [6.07, 6.45) is 5.40. The second-order valence-electron chi connectivity index (χ2n) is 7.71. The molecule has 0 spiro atoms. The fourth-order valence-electron chi connectivity index (χ4n) is 3.48. The number of phenols is 1. The molecule has 0 aliphatic heterocycles. The summed E-state index contributed by atoms with van der Waals surface area (Å²) in [4.78, 5) is 12.6. The molecule has 0 bridgehead atoms. The number of phenolic OH excluding ortho intramolecular Hbond substituents is 1. The number of aryl methyl sites for hydroxylation is 1. The molecule has 1 aromatic heterocycles. The lowest BCUT2D eigenvalue weighted by molar-refractivity contribution is 0.0947. The molecule has 1 amide bonds. The molecule has 0 saturated carbocycles. The molecule has 6 nitrogen and oxygen atoms in total. The standard InChI is InChI=1S/C20H25BrN4O2/c1-4-20(2,3)13-5-7-16-15(10-13)18(24-23-16)19(27)25-22-11-12-9-14(21)6-8-17(12)26/h6,8-9,11,13,26H,4-5,7,10H2,1-3H3,(H,23,24)(H,25,27)/b22-11-/t13-/m0/s1. The Bertz CT molecular complexity index is 873. The van der Waals surface area contributed by atoms with Gasteiger partial charge in [0.25, 0.3) is 5.91 Å². The molecule has 0 fully saturated rings. The minimum atomic E-state index is -0.340. The van der Waals surface area contributed by atoms with Crippen LogP contribution in [0.5, 0.6) is 5.75 Å². The first-order valence-corrected chi connectivity index (χ1v) is 9.99. The Balaban J connectivity index is 1.73. The molecule has 2 aromatic rings. The molecular formula is C20H25BrN4O2. The predicted octanol–water partition coefficient (Wildman–Crippen LogP) is 4.18. The Morgan fingerprint density at radius 2 is 2.30 bits per heavy atom. The van der Waals surface area contributed by atoms with E-state index in [2.05, 4.69) is 57.4 Å². The molecule has 0 unspecified atom stereocenters. The number of hydrogen-bond donors (Lipinski definition) is 3. The summed E-state index contributed by atoms with van der Waals surface area (Å²) in [5.41, 5.74) is 5.74. The van der Waals surface area contributed by atoms with E-state index in [0.717, 1.165) is 41.4 Å². The Morgan fingerprint density at radius 3 is 3.04 bits per heavy atom. The van der Waals surface area contributed by atoms with Crippen molar-refractivity contribution < 1.29 is 9.90 Å². The second-order valence-corrected chi connectivity index (χ2v) is 8.63. The minimum Gasteiger partial charge on any atom is -0.507 e. The molecule has 1 aromatic carbocycles. The van der Waals surface area contributed by atoms with E-state index in [1.54, 1.807) is 18.2 Å². The van der Waals surface area contributed by atoms with E-state index in [-0.39, 0.29) is 17.1 Å². The van der Waals surface area contributed by atoms with Gasteiger partial charge in [-0.1, -0.05) is 43.1 Å². The van der Waals surface area contributed by atoms with Crippen molar-refractivity contribution in [2.24, 2.45) is 16.4 Å². The number of carbonyl (C=O) groups is 1. The summed E-state index contributed by atoms with van der Waals surface area (Å²) < 4.78 is 0.819. The van der Waals surface area contributed by atoms with Crippen LogP contribution in [0.4, 0.5) is 0 Å². The van der Waals surface area contributed by atoms with Crippen molar-refractivity contribution in [3.05, 3.63) is 45.2 Å². The molecular weight excluding hydrogens is 408 g/mol. The summed E-state index contributed by atoms with van der Waals surface area (Å²) >= 11 is 3.34. The van der Waals surface area contributed by atoms with Gasteiger partial charge in [0, 0.05) is 21.3 Å². The van der Waals surface area contributed by atoms with Gasteiger partial charge in [0.15, 0.2) is 5.69 Å². The highest BCUT2D eigenvalue weighted by Crippen LogP contribution is 2.40. The number of benzene rings is 1. The Kier molecular flexibility index (Phi) is 5.69. The Hall–Kier alpha value is -2.15. The third-order valence-electron chi connectivity index (χ3n) is 5.74. The lowest BCUT2D eigenvalue weighted by Gasteiger charge is -2.36. The summed E-state index contributed by atoms with van der Waals surface area (Å²) in [5, 5.41) is 21.0. The number of hydrazone groups is 1. The van der Waals surface area contributed by atoms with E-state index >= 15 is 0 Å². The summed E-state index contributed by atoms with van der Waals surface area (Å²) in [7, 11) is 0. The number of hydrogen-bond acceptors (Lipinski definition) is 4.